The zero-order valence-corrected chi connectivity index (χ0v) is 7.95. The van der Waals surface area contributed by atoms with Crippen LogP contribution in [0.1, 0.15) is 16.7 Å². The number of carboxylic acids is 1. The second-order valence-electron chi connectivity index (χ2n) is 3.17. The highest BCUT2D eigenvalue weighted by Gasteiger charge is 2.03. The summed E-state index contributed by atoms with van der Waals surface area (Å²) in [5, 5.41) is 17.1. The molecule has 0 amide bonds. The van der Waals surface area contributed by atoms with Crippen LogP contribution in [-0.4, -0.2) is 11.1 Å². The number of nitriles is 1. The lowest BCUT2D eigenvalue weighted by atomic mass is 10.0. The van der Waals surface area contributed by atoms with Crippen LogP contribution >= 0.6 is 0 Å². The van der Waals surface area contributed by atoms with Crippen molar-refractivity contribution in [1.29, 1.82) is 5.26 Å². The summed E-state index contributed by atoms with van der Waals surface area (Å²) in [5.41, 5.74) is 2.71. The predicted octanol–water partition coefficient (Wildman–Crippen LogP) is 1.69. The van der Waals surface area contributed by atoms with E-state index < -0.39 is 5.97 Å². The monoisotopic (exact) mass is 189 g/mol. The molecule has 14 heavy (non-hydrogen) atoms. The first-order valence-corrected chi connectivity index (χ1v) is 4.30. The minimum Gasteiger partial charge on any atom is -0.481 e. The number of nitrogens with zero attached hydrogens (tertiary/aromatic N) is 1. The molecule has 1 aromatic rings. The highest BCUT2D eigenvalue weighted by atomic mass is 16.4. The van der Waals surface area contributed by atoms with Crippen LogP contribution in [0.3, 0.4) is 0 Å². The van der Waals surface area contributed by atoms with E-state index in [2.05, 4.69) is 6.07 Å². The third-order valence-corrected chi connectivity index (χ3v) is 2.03. The Balaban J connectivity index is 2.90. The molecular weight excluding hydrogens is 178 g/mol. The SMILES string of the molecule is Cc1cc(CC(=O)O)ccc1CC#N. The maximum Gasteiger partial charge on any atom is 0.307 e. The van der Waals surface area contributed by atoms with Gasteiger partial charge in [0.15, 0.2) is 0 Å². The van der Waals surface area contributed by atoms with E-state index in [-0.39, 0.29) is 6.42 Å². The van der Waals surface area contributed by atoms with E-state index in [1.165, 1.54) is 0 Å². The Hall–Kier alpha value is -1.82. The number of hydrogen-bond donors (Lipinski definition) is 1. The lowest BCUT2D eigenvalue weighted by molar-refractivity contribution is -0.136. The topological polar surface area (TPSA) is 61.1 Å². The molecule has 0 atom stereocenters. The molecule has 0 bridgehead atoms. The van der Waals surface area contributed by atoms with Crippen molar-refractivity contribution in [1.82, 2.24) is 0 Å². The van der Waals surface area contributed by atoms with Gasteiger partial charge in [0.25, 0.3) is 0 Å². The van der Waals surface area contributed by atoms with Crippen molar-refractivity contribution < 1.29 is 9.90 Å². The Kier molecular flexibility index (Phi) is 3.24. The van der Waals surface area contributed by atoms with Crippen molar-refractivity contribution in [2.24, 2.45) is 0 Å². The molecule has 0 unspecified atom stereocenters. The maximum absolute atomic E-state index is 10.4. The van der Waals surface area contributed by atoms with Crippen LogP contribution in [0.4, 0.5) is 0 Å². The molecule has 0 aliphatic heterocycles. The van der Waals surface area contributed by atoms with Crippen LogP contribution in [0.15, 0.2) is 18.2 Å². The maximum atomic E-state index is 10.4. The number of benzene rings is 1. The van der Waals surface area contributed by atoms with Gasteiger partial charge in [-0.15, -0.1) is 0 Å². The summed E-state index contributed by atoms with van der Waals surface area (Å²) in [6.07, 6.45) is 0.410. The van der Waals surface area contributed by atoms with Gasteiger partial charge >= 0.3 is 5.97 Å². The third kappa shape index (κ3) is 2.60. The first kappa shape index (κ1) is 10.3. The molecule has 0 saturated heterocycles. The van der Waals surface area contributed by atoms with Crippen LogP contribution in [0.2, 0.25) is 0 Å². The van der Waals surface area contributed by atoms with Crippen molar-refractivity contribution in [2.45, 2.75) is 19.8 Å². The number of aryl methyl sites for hydroxylation is 1. The lowest BCUT2D eigenvalue weighted by Crippen LogP contribution is -2.01. The second-order valence-corrected chi connectivity index (χ2v) is 3.17. The molecule has 0 spiro atoms. The molecule has 0 fully saturated rings. The summed E-state index contributed by atoms with van der Waals surface area (Å²) in [7, 11) is 0. The molecule has 72 valence electrons. The fourth-order valence-corrected chi connectivity index (χ4v) is 1.33. The lowest BCUT2D eigenvalue weighted by Gasteiger charge is -2.03. The molecule has 1 N–H and O–H groups in total. The molecule has 0 aliphatic rings. The Morgan fingerprint density at radius 3 is 2.79 bits per heavy atom. The Bertz CT molecular complexity index is 391. The molecule has 1 aromatic carbocycles. The van der Waals surface area contributed by atoms with Gasteiger partial charge in [0.2, 0.25) is 0 Å². The Morgan fingerprint density at radius 2 is 2.29 bits per heavy atom. The average molecular weight is 189 g/mol. The molecule has 3 heteroatoms. The zero-order valence-electron chi connectivity index (χ0n) is 7.95. The van der Waals surface area contributed by atoms with Crippen LogP contribution in [0.25, 0.3) is 0 Å². The predicted molar refractivity (Wildman–Crippen MR) is 51.8 cm³/mol. The molecular formula is C11H11NO2. The van der Waals surface area contributed by atoms with Gasteiger partial charge in [0.05, 0.1) is 18.9 Å². The van der Waals surface area contributed by atoms with Gasteiger partial charge < -0.3 is 5.11 Å². The standard InChI is InChI=1S/C11H11NO2/c1-8-6-9(7-11(13)14)2-3-10(8)4-5-12/h2-3,6H,4,7H2,1H3,(H,13,14). The summed E-state index contributed by atoms with van der Waals surface area (Å²) >= 11 is 0. The zero-order chi connectivity index (χ0) is 10.6. The molecule has 0 heterocycles. The molecule has 1 rings (SSSR count). The molecule has 3 nitrogen and oxygen atoms in total. The van der Waals surface area contributed by atoms with E-state index in [4.69, 9.17) is 10.4 Å². The van der Waals surface area contributed by atoms with Crippen molar-refractivity contribution in [3.05, 3.63) is 34.9 Å². The van der Waals surface area contributed by atoms with Crippen LogP contribution in [-0.2, 0) is 17.6 Å². The average Bonchev–Trinajstić information content (AvgIpc) is 2.09. The van der Waals surface area contributed by atoms with E-state index in [1.54, 1.807) is 6.07 Å². The highest BCUT2D eigenvalue weighted by Crippen LogP contribution is 2.12. The van der Waals surface area contributed by atoms with Gasteiger partial charge in [-0.05, 0) is 23.6 Å². The third-order valence-electron chi connectivity index (χ3n) is 2.03. The summed E-state index contributed by atoms with van der Waals surface area (Å²) in [6, 6.07) is 7.46. The molecule has 0 aliphatic carbocycles. The number of carboxylic acid groups (broad SMARTS) is 1. The fourth-order valence-electron chi connectivity index (χ4n) is 1.33. The van der Waals surface area contributed by atoms with Crippen molar-refractivity contribution in [2.75, 3.05) is 0 Å². The summed E-state index contributed by atoms with van der Waals surface area (Å²) in [6.45, 7) is 1.89. The van der Waals surface area contributed by atoms with E-state index in [0.29, 0.717) is 6.42 Å². The quantitative estimate of drug-likeness (QED) is 0.787. The summed E-state index contributed by atoms with van der Waals surface area (Å²) in [5.74, 6) is -0.836. The second kappa shape index (κ2) is 4.43. The van der Waals surface area contributed by atoms with Gasteiger partial charge in [0.1, 0.15) is 0 Å². The van der Waals surface area contributed by atoms with Crippen molar-refractivity contribution >= 4 is 5.97 Å². The van der Waals surface area contributed by atoms with Gasteiger partial charge in [0, 0.05) is 0 Å². The van der Waals surface area contributed by atoms with Crippen LogP contribution < -0.4 is 0 Å². The Morgan fingerprint density at radius 1 is 1.57 bits per heavy atom. The van der Waals surface area contributed by atoms with Crippen molar-refractivity contribution in [3.63, 3.8) is 0 Å². The number of rotatable bonds is 3. The smallest absolute Gasteiger partial charge is 0.307 e. The summed E-state index contributed by atoms with van der Waals surface area (Å²) < 4.78 is 0. The molecule has 0 aromatic heterocycles. The summed E-state index contributed by atoms with van der Waals surface area (Å²) in [4.78, 5) is 10.4. The molecule has 0 saturated carbocycles. The van der Waals surface area contributed by atoms with E-state index in [9.17, 15) is 4.79 Å². The van der Waals surface area contributed by atoms with Gasteiger partial charge in [-0.25, -0.2) is 0 Å². The number of carbonyl (C=O) groups is 1. The minimum absolute atomic E-state index is 0.0354. The molecule has 0 radical (unpaired) electrons. The van der Waals surface area contributed by atoms with Gasteiger partial charge in [-0.3, -0.25) is 4.79 Å². The van der Waals surface area contributed by atoms with E-state index in [1.807, 2.05) is 19.1 Å². The normalized spacial score (nSPS) is 9.43. The van der Waals surface area contributed by atoms with Crippen molar-refractivity contribution in [3.8, 4) is 6.07 Å². The minimum atomic E-state index is -0.836. The van der Waals surface area contributed by atoms with Crippen LogP contribution in [0.5, 0.6) is 0 Å². The number of aliphatic carboxylic acids is 1. The largest absolute Gasteiger partial charge is 0.481 e. The Labute approximate surface area is 82.6 Å². The first-order valence-electron chi connectivity index (χ1n) is 4.30. The van der Waals surface area contributed by atoms with Gasteiger partial charge in [-0.1, -0.05) is 18.2 Å². The van der Waals surface area contributed by atoms with E-state index in [0.717, 1.165) is 16.7 Å². The number of hydrogen-bond acceptors (Lipinski definition) is 2. The fraction of sp³-hybridized carbons (Fsp3) is 0.273. The highest BCUT2D eigenvalue weighted by molar-refractivity contribution is 5.70. The van der Waals surface area contributed by atoms with Crippen LogP contribution in [0, 0.1) is 18.3 Å². The van der Waals surface area contributed by atoms with E-state index >= 15 is 0 Å². The first-order chi connectivity index (χ1) is 6.63. The van der Waals surface area contributed by atoms with Gasteiger partial charge in [-0.2, -0.15) is 5.26 Å².